The fourth-order valence-electron chi connectivity index (χ4n) is 7.40. The van der Waals surface area contributed by atoms with Crippen molar-refractivity contribution in [2.45, 2.75) is 45.4 Å². The fraction of sp³-hybridized carbons (Fsp3) is 0.0794. The van der Waals surface area contributed by atoms with Gasteiger partial charge in [0.1, 0.15) is 0 Å². The molecule has 89 heavy (non-hydrogen) atoms. The maximum atomic E-state index is 12.9. The Bertz CT molecular complexity index is 3790. The molecule has 0 unspecified atom stereocenters. The van der Waals surface area contributed by atoms with E-state index in [0.29, 0.717) is 10.8 Å². The standard InChI is InChI=1S/2C18H15S.2C13H10F2O5S.CHF3O3S.Na/c2*1-4-10-16(11-5-1)19(17-12-6-2-7-13-17)18-14-8-3-9-15-18;2*14-13(15,21(17,18)19)8-20-12(16)11-6-5-9-3-1-2-4-10(9)7-11;2-1(3,4)8(5,6)7;/h2*1-15H;2*1-7H,8H2,(H,17,18,19);(H,5,6,7);/q2*+1;;;;+1/p-2. The van der Waals surface area contributed by atoms with Crippen LogP contribution in [0.25, 0.3) is 21.5 Å². The minimum Gasteiger partial charge on any atom is -0.743 e. The number of rotatable bonds is 14. The summed E-state index contributed by atoms with van der Waals surface area (Å²) in [6.07, 6.45) is 0. The van der Waals surface area contributed by atoms with Crippen LogP contribution in [0.2, 0.25) is 0 Å². The van der Waals surface area contributed by atoms with Crippen LogP contribution in [-0.4, -0.2) is 80.1 Å². The predicted molar refractivity (Wildman–Crippen MR) is 318 cm³/mol. The van der Waals surface area contributed by atoms with E-state index in [1.54, 1.807) is 60.7 Å². The third-order valence-electron chi connectivity index (χ3n) is 11.6. The Morgan fingerprint density at radius 1 is 0.360 bits per heavy atom. The number of carbonyl (C=O) groups is 2. The van der Waals surface area contributed by atoms with Crippen LogP contribution in [0, 0.1) is 0 Å². The zero-order valence-electron chi connectivity index (χ0n) is 46.4. The molecule has 0 heterocycles. The van der Waals surface area contributed by atoms with E-state index in [9.17, 15) is 61.7 Å². The first-order valence-electron chi connectivity index (χ1n) is 25.4. The van der Waals surface area contributed by atoms with Gasteiger partial charge < -0.3 is 18.6 Å². The molecule has 0 amide bonds. The maximum Gasteiger partial charge on any atom is 1.00 e. The Labute approximate surface area is 536 Å². The van der Waals surface area contributed by atoms with Crippen molar-refractivity contribution in [1.29, 1.82) is 0 Å². The van der Waals surface area contributed by atoms with Crippen LogP contribution in [0.5, 0.6) is 0 Å². The maximum absolute atomic E-state index is 12.9. The van der Waals surface area contributed by atoms with Gasteiger partial charge in [-0.15, -0.1) is 0 Å². The number of esters is 2. The van der Waals surface area contributed by atoms with Crippen molar-refractivity contribution in [3.8, 4) is 0 Å². The van der Waals surface area contributed by atoms with Gasteiger partial charge >= 0.3 is 67.6 Å². The Kier molecular flexibility index (Phi) is 26.7. The van der Waals surface area contributed by atoms with E-state index in [4.69, 9.17) is 17.5 Å². The van der Waals surface area contributed by atoms with Crippen molar-refractivity contribution in [3.05, 3.63) is 278 Å². The van der Waals surface area contributed by atoms with Crippen LogP contribution in [0.1, 0.15) is 20.7 Å². The molecule has 13 nitrogen and oxygen atoms in total. The Hall–Kier alpha value is -7.40. The van der Waals surface area contributed by atoms with Gasteiger partial charge in [-0.3, -0.25) is 4.55 Å². The van der Waals surface area contributed by atoms with Gasteiger partial charge in [0.25, 0.3) is 0 Å². The van der Waals surface area contributed by atoms with Crippen molar-refractivity contribution < 1.29 is 118 Å². The second-order valence-corrected chi connectivity index (χ2v) is 26.3. The molecule has 0 atom stereocenters. The van der Waals surface area contributed by atoms with Crippen LogP contribution in [0.15, 0.2) is 296 Å². The molecule has 26 heteroatoms. The summed E-state index contributed by atoms with van der Waals surface area (Å²) in [5, 5.41) is -6.12. The number of alkyl halides is 7. The van der Waals surface area contributed by atoms with E-state index in [1.165, 1.54) is 53.6 Å². The summed E-state index contributed by atoms with van der Waals surface area (Å²) in [7, 11) is -17.6. The summed E-state index contributed by atoms with van der Waals surface area (Å²) in [4.78, 5) is 31.4. The molecule has 0 aliphatic heterocycles. The Morgan fingerprint density at radius 3 is 0.809 bits per heavy atom. The fourth-order valence-corrected chi connectivity index (χ4v) is 12.0. The molecule has 10 aromatic carbocycles. The minimum atomic E-state index is -6.09. The van der Waals surface area contributed by atoms with Crippen LogP contribution >= 0.6 is 0 Å². The molecule has 0 aliphatic carbocycles. The third kappa shape index (κ3) is 21.7. The van der Waals surface area contributed by atoms with Gasteiger partial charge in [-0.05, 0) is 119 Å². The van der Waals surface area contributed by atoms with E-state index in [2.05, 4.69) is 191 Å². The van der Waals surface area contributed by atoms with Crippen molar-refractivity contribution in [1.82, 2.24) is 0 Å². The van der Waals surface area contributed by atoms with E-state index in [-0.39, 0.29) is 62.5 Å². The van der Waals surface area contributed by atoms with Gasteiger partial charge in [0.15, 0.2) is 62.8 Å². The summed E-state index contributed by atoms with van der Waals surface area (Å²) < 4.78 is 179. The number of hydrogen-bond donors (Lipinski definition) is 1. The molecule has 458 valence electrons. The molecule has 0 spiro atoms. The average molecular weight is 1330 g/mol. The molecule has 1 N–H and O–H groups in total. The van der Waals surface area contributed by atoms with Gasteiger partial charge in [0.2, 0.25) is 0 Å². The second-order valence-electron chi connectivity index (χ2n) is 17.9. The predicted octanol–water partition coefficient (Wildman–Crippen LogP) is 11.2. The normalized spacial score (nSPS) is 11.6. The molecule has 0 saturated carbocycles. The van der Waals surface area contributed by atoms with E-state index in [0.717, 1.165) is 10.8 Å². The number of carbonyl (C=O) groups excluding carboxylic acids is 2. The number of ether oxygens (including phenoxy) is 2. The largest absolute Gasteiger partial charge is 1.00 e. The molecule has 0 radical (unpaired) electrons. The Morgan fingerprint density at radius 2 is 0.584 bits per heavy atom. The van der Waals surface area contributed by atoms with Gasteiger partial charge in [-0.25, -0.2) is 26.4 Å². The van der Waals surface area contributed by atoms with E-state index < -0.39 is 71.5 Å². The van der Waals surface area contributed by atoms with Gasteiger partial charge in [0.05, 0.1) is 32.9 Å². The third-order valence-corrected chi connectivity index (χ3v) is 18.4. The first kappa shape index (κ1) is 72.3. The zero-order valence-corrected chi connectivity index (χ0v) is 52.4. The molecular formula is C63H49F7NaO13S5+. The molecular weight excluding hydrogens is 1280 g/mol. The first-order chi connectivity index (χ1) is 41.6. The smallest absolute Gasteiger partial charge is 0.743 e. The SMILES string of the molecule is O=C(OCC(F)(F)S(=O)(=O)O)c1ccc2ccccc2c1.O=C(OCC(F)(F)S(=O)(=O)[O-])c1ccc2ccccc2c1.O=S(=O)([O-])C(F)(F)F.[Na+].c1ccc([S+](c2ccccc2)c2ccccc2)cc1.c1ccc([S+](c2ccccc2)c2ccccc2)cc1. The molecule has 10 aromatic rings. The summed E-state index contributed by atoms with van der Waals surface area (Å²) in [5.74, 6) is -2.24. The van der Waals surface area contributed by atoms with Crippen LogP contribution in [-0.2, 0) is 61.6 Å². The molecule has 0 aromatic heterocycles. The van der Waals surface area contributed by atoms with Crippen LogP contribution in [0.4, 0.5) is 30.7 Å². The molecule has 0 saturated heterocycles. The topological polar surface area (TPSA) is 221 Å². The summed E-state index contributed by atoms with van der Waals surface area (Å²) >= 11 is 0. The average Bonchev–Trinajstić information content (AvgIpc) is 3.28. The van der Waals surface area contributed by atoms with Gasteiger partial charge in [-0.2, -0.15) is 39.2 Å². The summed E-state index contributed by atoms with van der Waals surface area (Å²) in [6, 6.07) is 87.2. The quantitative estimate of drug-likeness (QED) is 0.0268. The summed E-state index contributed by atoms with van der Waals surface area (Å²) in [6.45, 7) is -3.57. The number of halogens is 7. The number of hydrogen-bond acceptors (Lipinski definition) is 12. The van der Waals surface area contributed by atoms with Crippen molar-refractivity contribution in [2.24, 2.45) is 0 Å². The van der Waals surface area contributed by atoms with Gasteiger partial charge in [0, 0.05) is 0 Å². The molecule has 0 aliphatic rings. The number of fused-ring (bicyclic) bond motifs is 2. The zero-order chi connectivity index (χ0) is 64.2. The number of benzene rings is 10. The summed E-state index contributed by atoms with van der Waals surface area (Å²) in [5.41, 5.74) is -5.67. The second kappa shape index (κ2) is 32.9. The van der Waals surface area contributed by atoms with E-state index in [1.807, 2.05) is 0 Å². The molecule has 0 fully saturated rings. The van der Waals surface area contributed by atoms with Crippen LogP contribution < -0.4 is 29.6 Å². The van der Waals surface area contributed by atoms with Crippen LogP contribution in [0.3, 0.4) is 0 Å². The monoisotopic (exact) mass is 1330 g/mol. The van der Waals surface area contributed by atoms with Gasteiger partial charge in [-0.1, -0.05) is 170 Å². The van der Waals surface area contributed by atoms with Crippen molar-refractivity contribution in [2.75, 3.05) is 13.2 Å². The first-order valence-corrected chi connectivity index (χ1v) is 32.1. The Balaban J connectivity index is 0.000000207. The molecule has 0 bridgehead atoms. The van der Waals surface area contributed by atoms with Crippen molar-refractivity contribution in [3.63, 3.8) is 0 Å². The van der Waals surface area contributed by atoms with Crippen molar-refractivity contribution >= 4 is 85.6 Å². The molecule has 10 rings (SSSR count). The minimum absolute atomic E-state index is 0. The van der Waals surface area contributed by atoms with E-state index >= 15 is 0 Å².